The first-order valence-electron chi connectivity index (χ1n) is 7.00. The largest absolute Gasteiger partial charge is 0.414 e. The third-order valence-corrected chi connectivity index (χ3v) is 4.44. The molecule has 0 aromatic heterocycles. The van der Waals surface area contributed by atoms with Crippen LogP contribution in [-0.4, -0.2) is 41.3 Å². The highest BCUT2D eigenvalue weighted by molar-refractivity contribution is 6.31. The maximum Gasteiger partial charge on any atom is 0.414 e. The number of hydrogen-bond donors (Lipinski definition) is 1. The molecule has 1 unspecified atom stereocenters. The summed E-state index contributed by atoms with van der Waals surface area (Å²) in [6.07, 6.45) is -6.65. The van der Waals surface area contributed by atoms with Crippen LogP contribution in [0, 0.1) is 12.8 Å². The molecule has 2 rings (SSSR count). The van der Waals surface area contributed by atoms with Gasteiger partial charge in [-0.15, -0.1) is 0 Å². The minimum atomic E-state index is -4.61. The second-order valence-corrected chi connectivity index (χ2v) is 5.99. The number of likely N-dealkylation sites (tertiary alicyclic amines) is 1. The lowest BCUT2D eigenvalue weighted by Crippen LogP contribution is -2.45. The normalized spacial score (nSPS) is 18.4. The average Bonchev–Trinajstić information content (AvgIpc) is 2.48. The number of alkyl halides is 3. The summed E-state index contributed by atoms with van der Waals surface area (Å²) in [5.41, 5.74) is 1.24. The van der Waals surface area contributed by atoms with Gasteiger partial charge in [-0.2, -0.15) is 13.2 Å². The molecule has 1 aromatic rings. The van der Waals surface area contributed by atoms with Crippen molar-refractivity contribution in [1.82, 2.24) is 4.90 Å². The van der Waals surface area contributed by atoms with E-state index in [4.69, 9.17) is 11.6 Å². The number of piperidine rings is 1. The number of aliphatic hydroxyl groups excluding tert-OH is 1. The molecule has 1 aliphatic rings. The van der Waals surface area contributed by atoms with Crippen LogP contribution in [0.15, 0.2) is 18.2 Å². The molecule has 0 saturated carbocycles. The topological polar surface area (TPSA) is 40.5 Å². The van der Waals surface area contributed by atoms with Crippen LogP contribution in [0.1, 0.15) is 28.8 Å². The van der Waals surface area contributed by atoms with Gasteiger partial charge in [0.1, 0.15) is 0 Å². The lowest BCUT2D eigenvalue weighted by atomic mass is 9.90. The molecule has 1 fully saturated rings. The summed E-state index contributed by atoms with van der Waals surface area (Å²) in [7, 11) is 0. The molecule has 1 heterocycles. The molecule has 122 valence electrons. The lowest BCUT2D eigenvalue weighted by Gasteiger charge is -2.34. The molecule has 1 aromatic carbocycles. The summed E-state index contributed by atoms with van der Waals surface area (Å²) in [5.74, 6) is -1.07. The van der Waals surface area contributed by atoms with E-state index in [0.29, 0.717) is 10.6 Å². The monoisotopic (exact) mass is 335 g/mol. The number of rotatable bonds is 2. The van der Waals surface area contributed by atoms with Gasteiger partial charge >= 0.3 is 6.18 Å². The van der Waals surface area contributed by atoms with E-state index in [1.807, 2.05) is 0 Å². The number of halogens is 4. The number of carbonyl (C=O) groups is 1. The molecule has 0 bridgehead atoms. The summed E-state index contributed by atoms with van der Waals surface area (Å²) in [5, 5.41) is 9.84. The van der Waals surface area contributed by atoms with Crippen LogP contribution in [0.5, 0.6) is 0 Å². The van der Waals surface area contributed by atoms with Crippen molar-refractivity contribution in [3.8, 4) is 0 Å². The number of hydrogen-bond acceptors (Lipinski definition) is 2. The number of benzene rings is 1. The summed E-state index contributed by atoms with van der Waals surface area (Å²) < 4.78 is 37.5. The fourth-order valence-electron chi connectivity index (χ4n) is 2.65. The Balaban J connectivity index is 1.99. The second kappa shape index (κ2) is 6.46. The van der Waals surface area contributed by atoms with Crippen molar-refractivity contribution < 1.29 is 23.1 Å². The molecular weight excluding hydrogens is 319 g/mol. The zero-order chi connectivity index (χ0) is 16.5. The highest BCUT2D eigenvalue weighted by atomic mass is 35.5. The molecule has 1 saturated heterocycles. The van der Waals surface area contributed by atoms with Gasteiger partial charge < -0.3 is 10.0 Å². The molecule has 0 radical (unpaired) electrons. The van der Waals surface area contributed by atoms with E-state index in [0.717, 1.165) is 5.56 Å². The first-order chi connectivity index (χ1) is 10.2. The Labute approximate surface area is 131 Å². The van der Waals surface area contributed by atoms with Gasteiger partial charge in [0.15, 0.2) is 6.10 Å². The number of nitrogens with zero attached hydrogens (tertiary/aromatic N) is 1. The number of amides is 1. The van der Waals surface area contributed by atoms with Crippen molar-refractivity contribution >= 4 is 17.5 Å². The predicted octanol–water partition coefficient (Wildman–Crippen LogP) is 3.42. The van der Waals surface area contributed by atoms with E-state index < -0.39 is 18.2 Å². The van der Waals surface area contributed by atoms with Crippen molar-refractivity contribution in [2.75, 3.05) is 13.1 Å². The van der Waals surface area contributed by atoms with Gasteiger partial charge in [-0.1, -0.05) is 11.6 Å². The van der Waals surface area contributed by atoms with E-state index in [1.54, 1.807) is 25.1 Å². The third-order valence-electron chi connectivity index (χ3n) is 4.01. The number of aryl methyl sites for hydroxylation is 1. The van der Waals surface area contributed by atoms with Gasteiger partial charge in [-0.05, 0) is 49.4 Å². The Hall–Kier alpha value is -1.27. The highest BCUT2D eigenvalue weighted by Crippen LogP contribution is 2.32. The van der Waals surface area contributed by atoms with Crippen LogP contribution >= 0.6 is 11.6 Å². The smallest absolute Gasteiger partial charge is 0.383 e. The van der Waals surface area contributed by atoms with E-state index >= 15 is 0 Å². The Morgan fingerprint density at radius 1 is 1.36 bits per heavy atom. The van der Waals surface area contributed by atoms with Crippen molar-refractivity contribution in [3.05, 3.63) is 34.3 Å². The molecular formula is C15H17ClF3NO2. The van der Waals surface area contributed by atoms with Gasteiger partial charge in [-0.3, -0.25) is 4.79 Å². The summed E-state index contributed by atoms with van der Waals surface area (Å²) in [4.78, 5) is 13.9. The Bertz CT molecular complexity index is 554. The number of aliphatic hydroxyl groups is 1. The van der Waals surface area contributed by atoms with Crippen molar-refractivity contribution in [2.24, 2.45) is 5.92 Å². The molecule has 3 nitrogen and oxygen atoms in total. The molecule has 0 spiro atoms. The molecule has 1 amide bonds. The third kappa shape index (κ3) is 3.73. The van der Waals surface area contributed by atoms with Gasteiger partial charge in [0.05, 0.1) is 0 Å². The van der Waals surface area contributed by atoms with Crippen LogP contribution < -0.4 is 0 Å². The Morgan fingerprint density at radius 3 is 2.45 bits per heavy atom. The molecule has 1 aliphatic heterocycles. The van der Waals surface area contributed by atoms with Crippen LogP contribution in [0.2, 0.25) is 5.02 Å². The average molecular weight is 336 g/mol. The Morgan fingerprint density at radius 2 is 1.95 bits per heavy atom. The molecule has 1 N–H and O–H groups in total. The van der Waals surface area contributed by atoms with Crippen molar-refractivity contribution in [1.29, 1.82) is 0 Å². The van der Waals surface area contributed by atoms with Crippen LogP contribution in [0.3, 0.4) is 0 Å². The van der Waals surface area contributed by atoms with Gasteiger partial charge in [0, 0.05) is 23.7 Å². The molecule has 0 aliphatic carbocycles. The maximum absolute atomic E-state index is 12.5. The second-order valence-electron chi connectivity index (χ2n) is 5.58. The molecule has 7 heteroatoms. The SMILES string of the molecule is Cc1cc(C(=O)N2CCC(C(O)C(F)(F)F)CC2)ccc1Cl. The predicted molar refractivity (Wildman–Crippen MR) is 76.9 cm³/mol. The summed E-state index contributed by atoms with van der Waals surface area (Å²) in [6.45, 7) is 2.20. The minimum absolute atomic E-state index is 0.138. The van der Waals surface area contributed by atoms with Crippen LogP contribution in [0.25, 0.3) is 0 Å². The zero-order valence-electron chi connectivity index (χ0n) is 12.0. The summed E-state index contributed by atoms with van der Waals surface area (Å²) in [6, 6.07) is 4.90. The zero-order valence-corrected chi connectivity index (χ0v) is 12.8. The van der Waals surface area contributed by atoms with Crippen molar-refractivity contribution in [2.45, 2.75) is 32.0 Å². The fourth-order valence-corrected chi connectivity index (χ4v) is 2.76. The van der Waals surface area contributed by atoms with Crippen LogP contribution in [-0.2, 0) is 0 Å². The van der Waals surface area contributed by atoms with Gasteiger partial charge in [0.2, 0.25) is 0 Å². The summed E-state index contributed by atoms with van der Waals surface area (Å²) >= 11 is 5.91. The molecule has 22 heavy (non-hydrogen) atoms. The van der Waals surface area contributed by atoms with Gasteiger partial charge in [0.25, 0.3) is 5.91 Å². The molecule has 1 atom stereocenters. The quantitative estimate of drug-likeness (QED) is 0.899. The first-order valence-corrected chi connectivity index (χ1v) is 7.38. The maximum atomic E-state index is 12.5. The Kier molecular flexibility index (Phi) is 5.02. The number of carbonyl (C=O) groups excluding carboxylic acids is 1. The first kappa shape index (κ1) is 17.1. The minimum Gasteiger partial charge on any atom is -0.383 e. The van der Waals surface area contributed by atoms with Crippen LogP contribution in [0.4, 0.5) is 13.2 Å². The van der Waals surface area contributed by atoms with E-state index in [2.05, 4.69) is 0 Å². The van der Waals surface area contributed by atoms with E-state index in [9.17, 15) is 23.1 Å². The van der Waals surface area contributed by atoms with E-state index in [-0.39, 0.29) is 31.8 Å². The van der Waals surface area contributed by atoms with Gasteiger partial charge in [-0.25, -0.2) is 0 Å². The lowest BCUT2D eigenvalue weighted by molar-refractivity contribution is -0.222. The van der Waals surface area contributed by atoms with Crippen molar-refractivity contribution in [3.63, 3.8) is 0 Å². The fraction of sp³-hybridized carbons (Fsp3) is 0.533. The highest BCUT2D eigenvalue weighted by Gasteiger charge is 2.44. The standard InChI is InChI=1S/C15H17ClF3NO2/c1-9-8-11(2-3-12(9)16)14(22)20-6-4-10(5-7-20)13(21)15(17,18)19/h2-3,8,10,13,21H,4-7H2,1H3. The van der Waals surface area contributed by atoms with E-state index in [1.165, 1.54) is 4.90 Å².